The molecular formula is C6H10FNO2. The van der Waals surface area contributed by atoms with Crippen molar-refractivity contribution in [3.05, 3.63) is 0 Å². The van der Waals surface area contributed by atoms with E-state index in [2.05, 4.69) is 0 Å². The number of amides is 1. The average molecular weight is 147 g/mol. The van der Waals surface area contributed by atoms with E-state index in [9.17, 15) is 9.18 Å². The molecule has 58 valence electrons. The molecule has 0 bridgehead atoms. The van der Waals surface area contributed by atoms with Gasteiger partial charge in [-0.1, -0.05) is 0 Å². The Morgan fingerprint density at radius 2 is 2.00 bits per heavy atom. The van der Waals surface area contributed by atoms with Crippen LogP contribution in [0.3, 0.4) is 0 Å². The summed E-state index contributed by atoms with van der Waals surface area (Å²) in [5.41, 5.74) is 0. The van der Waals surface area contributed by atoms with Gasteiger partial charge in [-0.25, -0.2) is 9.18 Å². The van der Waals surface area contributed by atoms with E-state index in [1.807, 2.05) is 5.32 Å². The van der Waals surface area contributed by atoms with Gasteiger partial charge in [0, 0.05) is 12.8 Å². The van der Waals surface area contributed by atoms with Crippen molar-refractivity contribution in [2.24, 2.45) is 0 Å². The van der Waals surface area contributed by atoms with Crippen LogP contribution in [0.4, 0.5) is 9.18 Å². The molecule has 0 spiro atoms. The molecule has 1 fully saturated rings. The molecule has 0 atom stereocenters. The summed E-state index contributed by atoms with van der Waals surface area (Å²) in [6.07, 6.45) is 0.913. The average Bonchev–Trinajstić information content (AvgIpc) is 2.12. The zero-order valence-corrected chi connectivity index (χ0v) is 5.56. The third-order valence-electron chi connectivity index (χ3n) is 1.73. The predicted molar refractivity (Wildman–Crippen MR) is 33.5 cm³/mol. The summed E-state index contributed by atoms with van der Waals surface area (Å²) in [7, 11) is 0. The first-order chi connectivity index (χ1) is 4.62. The lowest BCUT2D eigenvalue weighted by molar-refractivity contribution is 0.109. The summed E-state index contributed by atoms with van der Waals surface area (Å²) < 4.78 is 13.1. The Bertz CT molecular complexity index is 143. The van der Waals surface area contributed by atoms with Crippen molar-refractivity contribution in [2.45, 2.75) is 31.5 Å². The summed E-state index contributed by atoms with van der Waals surface area (Å²) in [5, 5.41) is 10.1. The van der Waals surface area contributed by atoms with Crippen LogP contribution in [-0.2, 0) is 0 Å². The van der Waals surface area contributed by atoms with Crippen molar-refractivity contribution in [1.29, 1.82) is 0 Å². The van der Waals surface area contributed by atoms with E-state index in [4.69, 9.17) is 5.11 Å². The van der Waals surface area contributed by atoms with Crippen LogP contribution in [0.25, 0.3) is 0 Å². The summed E-state index contributed by atoms with van der Waals surface area (Å²) in [6, 6.07) is 0. The van der Waals surface area contributed by atoms with E-state index in [0.717, 1.165) is 12.8 Å². The van der Waals surface area contributed by atoms with Crippen LogP contribution in [0, 0.1) is 0 Å². The highest BCUT2D eigenvalue weighted by Gasteiger charge is 2.34. The van der Waals surface area contributed by atoms with Crippen LogP contribution in [0.5, 0.6) is 0 Å². The smallest absolute Gasteiger partial charge is 0.407 e. The molecule has 2 N–H and O–H groups in total. The highest BCUT2D eigenvalue weighted by Crippen LogP contribution is 2.30. The Labute approximate surface area is 58.2 Å². The highest BCUT2D eigenvalue weighted by molar-refractivity contribution is 5.65. The van der Waals surface area contributed by atoms with Crippen LogP contribution >= 0.6 is 0 Å². The number of hydrogen-bond donors (Lipinski definition) is 2. The summed E-state index contributed by atoms with van der Waals surface area (Å²) in [5.74, 6) is -1.63. The lowest BCUT2D eigenvalue weighted by Gasteiger charge is -2.17. The van der Waals surface area contributed by atoms with Gasteiger partial charge in [-0.15, -0.1) is 0 Å². The molecule has 4 heteroatoms. The molecule has 1 aliphatic rings. The maximum absolute atomic E-state index is 13.1. The van der Waals surface area contributed by atoms with Gasteiger partial charge in [0.15, 0.2) is 5.79 Å². The number of carbonyl (C=O) groups is 1. The van der Waals surface area contributed by atoms with E-state index >= 15 is 0 Å². The molecule has 0 unspecified atom stereocenters. The fourth-order valence-corrected chi connectivity index (χ4v) is 1.25. The largest absolute Gasteiger partial charge is 0.465 e. The summed E-state index contributed by atoms with van der Waals surface area (Å²) in [6.45, 7) is 0. The van der Waals surface area contributed by atoms with Crippen LogP contribution in [0.1, 0.15) is 25.7 Å². The van der Waals surface area contributed by atoms with E-state index < -0.39 is 11.9 Å². The lowest BCUT2D eigenvalue weighted by atomic mass is 10.2. The normalized spacial score (nSPS) is 22.5. The quantitative estimate of drug-likeness (QED) is 0.552. The number of halogens is 1. The van der Waals surface area contributed by atoms with Crippen molar-refractivity contribution in [1.82, 2.24) is 5.32 Å². The molecular weight excluding hydrogens is 137 g/mol. The number of hydrogen-bond acceptors (Lipinski definition) is 1. The Hall–Kier alpha value is -0.800. The standard InChI is InChI=1S/C6H10FNO2/c7-6(8-5(9)10)3-1-2-4-6/h8H,1-4H2,(H,9,10). The fourth-order valence-electron chi connectivity index (χ4n) is 1.25. The zero-order chi connectivity index (χ0) is 7.61. The maximum Gasteiger partial charge on any atom is 0.407 e. The molecule has 0 aromatic rings. The predicted octanol–water partition coefficient (Wildman–Crippen LogP) is 1.49. The second kappa shape index (κ2) is 2.44. The minimum atomic E-state index is -1.63. The number of carboxylic acid groups (broad SMARTS) is 1. The Morgan fingerprint density at radius 1 is 1.50 bits per heavy atom. The lowest BCUT2D eigenvalue weighted by Crippen LogP contribution is -2.41. The third-order valence-corrected chi connectivity index (χ3v) is 1.73. The van der Waals surface area contributed by atoms with Gasteiger partial charge in [-0.05, 0) is 12.8 Å². The monoisotopic (exact) mass is 147 g/mol. The van der Waals surface area contributed by atoms with E-state index in [0.29, 0.717) is 12.8 Å². The first kappa shape index (κ1) is 7.31. The molecule has 10 heavy (non-hydrogen) atoms. The third kappa shape index (κ3) is 1.59. The zero-order valence-electron chi connectivity index (χ0n) is 5.56. The first-order valence-corrected chi connectivity index (χ1v) is 3.32. The molecule has 0 aromatic carbocycles. The van der Waals surface area contributed by atoms with Crippen molar-refractivity contribution >= 4 is 6.09 Å². The molecule has 0 aliphatic heterocycles. The van der Waals surface area contributed by atoms with Gasteiger partial charge in [-0.3, -0.25) is 5.32 Å². The minimum Gasteiger partial charge on any atom is -0.465 e. The van der Waals surface area contributed by atoms with Crippen molar-refractivity contribution in [2.75, 3.05) is 0 Å². The molecule has 3 nitrogen and oxygen atoms in total. The van der Waals surface area contributed by atoms with E-state index in [1.165, 1.54) is 0 Å². The highest BCUT2D eigenvalue weighted by atomic mass is 19.1. The topological polar surface area (TPSA) is 49.3 Å². The molecule has 0 radical (unpaired) electrons. The Morgan fingerprint density at radius 3 is 2.40 bits per heavy atom. The van der Waals surface area contributed by atoms with Crippen molar-refractivity contribution < 1.29 is 14.3 Å². The molecule has 1 saturated carbocycles. The molecule has 0 heterocycles. The number of alkyl halides is 1. The summed E-state index contributed by atoms with van der Waals surface area (Å²) in [4.78, 5) is 10.0. The van der Waals surface area contributed by atoms with Gasteiger partial charge >= 0.3 is 6.09 Å². The second-order valence-electron chi connectivity index (χ2n) is 2.60. The maximum atomic E-state index is 13.1. The Kier molecular flexibility index (Phi) is 1.78. The van der Waals surface area contributed by atoms with Crippen molar-refractivity contribution in [3.8, 4) is 0 Å². The van der Waals surface area contributed by atoms with Crippen molar-refractivity contribution in [3.63, 3.8) is 0 Å². The van der Waals surface area contributed by atoms with Gasteiger partial charge < -0.3 is 5.11 Å². The first-order valence-electron chi connectivity index (χ1n) is 3.32. The van der Waals surface area contributed by atoms with E-state index in [1.54, 1.807) is 0 Å². The summed E-state index contributed by atoms with van der Waals surface area (Å²) >= 11 is 0. The van der Waals surface area contributed by atoms with Gasteiger partial charge in [0.05, 0.1) is 0 Å². The molecule has 0 aromatic heterocycles. The Balaban J connectivity index is 2.43. The molecule has 0 saturated heterocycles. The minimum absolute atomic E-state index is 0.319. The van der Waals surface area contributed by atoms with E-state index in [-0.39, 0.29) is 0 Å². The number of nitrogens with one attached hydrogen (secondary N) is 1. The number of rotatable bonds is 1. The van der Waals surface area contributed by atoms with Crippen LogP contribution in [0.2, 0.25) is 0 Å². The molecule has 1 amide bonds. The van der Waals surface area contributed by atoms with Gasteiger partial charge in [0.2, 0.25) is 0 Å². The van der Waals surface area contributed by atoms with Gasteiger partial charge in [0.1, 0.15) is 0 Å². The van der Waals surface area contributed by atoms with Gasteiger partial charge in [0.25, 0.3) is 0 Å². The van der Waals surface area contributed by atoms with Crippen LogP contribution < -0.4 is 5.32 Å². The second-order valence-corrected chi connectivity index (χ2v) is 2.60. The fraction of sp³-hybridized carbons (Fsp3) is 0.833. The SMILES string of the molecule is O=C(O)NC1(F)CCCC1. The van der Waals surface area contributed by atoms with Crippen LogP contribution in [0.15, 0.2) is 0 Å². The molecule has 1 aliphatic carbocycles. The van der Waals surface area contributed by atoms with Gasteiger partial charge in [-0.2, -0.15) is 0 Å². The molecule has 1 rings (SSSR count). The van der Waals surface area contributed by atoms with Crippen LogP contribution in [-0.4, -0.2) is 17.0 Å².